The van der Waals surface area contributed by atoms with E-state index in [9.17, 15) is 0 Å². The van der Waals surface area contributed by atoms with Crippen molar-refractivity contribution >= 4 is 0 Å². The number of aliphatic hydroxyl groups is 1. The maximum absolute atomic E-state index is 8.88. The van der Waals surface area contributed by atoms with Crippen LogP contribution in [0.25, 0.3) is 0 Å². The van der Waals surface area contributed by atoms with Crippen molar-refractivity contribution in [2.75, 3.05) is 26.2 Å². The Morgan fingerprint density at radius 3 is 2.87 bits per heavy atom. The molecule has 1 saturated carbocycles. The summed E-state index contributed by atoms with van der Waals surface area (Å²) in [7, 11) is 0. The predicted molar refractivity (Wildman–Crippen MR) is 58.1 cm³/mol. The molecule has 3 heteroatoms. The molecule has 2 rings (SSSR count). The molecule has 0 bridgehead atoms. The monoisotopic (exact) mass is 208 g/mol. The van der Waals surface area contributed by atoms with Gasteiger partial charge in [-0.1, -0.05) is 0 Å². The average molecular weight is 208 g/mol. The number of nitriles is 1. The average Bonchev–Trinajstić information content (AvgIpc) is 2.80. The lowest BCUT2D eigenvalue weighted by atomic mass is 10.0. The lowest BCUT2D eigenvalue weighted by molar-refractivity contribution is 0.233. The van der Waals surface area contributed by atoms with Gasteiger partial charge in [0.25, 0.3) is 0 Å². The molecule has 1 unspecified atom stereocenters. The Morgan fingerprint density at radius 1 is 1.47 bits per heavy atom. The van der Waals surface area contributed by atoms with Gasteiger partial charge in [0.05, 0.1) is 6.07 Å². The van der Waals surface area contributed by atoms with Crippen LogP contribution in [0, 0.1) is 22.7 Å². The molecule has 1 N–H and O–H groups in total. The van der Waals surface area contributed by atoms with Gasteiger partial charge in [-0.15, -0.1) is 0 Å². The molecule has 15 heavy (non-hydrogen) atoms. The van der Waals surface area contributed by atoms with Crippen molar-refractivity contribution in [1.29, 1.82) is 5.26 Å². The van der Waals surface area contributed by atoms with Crippen LogP contribution in [0.15, 0.2) is 0 Å². The van der Waals surface area contributed by atoms with E-state index in [-0.39, 0.29) is 0 Å². The lowest BCUT2D eigenvalue weighted by Gasteiger charge is -2.21. The SMILES string of the molecule is N#CCC1(CN2CCC(CCO)C2)CC1. The highest BCUT2D eigenvalue weighted by atomic mass is 16.3. The molecule has 0 radical (unpaired) electrons. The van der Waals surface area contributed by atoms with Crippen LogP contribution in [0.4, 0.5) is 0 Å². The third-order valence-corrected chi connectivity index (χ3v) is 3.88. The van der Waals surface area contributed by atoms with Gasteiger partial charge in [0.1, 0.15) is 0 Å². The quantitative estimate of drug-likeness (QED) is 0.742. The Labute approximate surface area is 91.7 Å². The van der Waals surface area contributed by atoms with Crippen LogP contribution in [0.5, 0.6) is 0 Å². The minimum Gasteiger partial charge on any atom is -0.396 e. The van der Waals surface area contributed by atoms with Crippen LogP contribution in [0.1, 0.15) is 32.1 Å². The van der Waals surface area contributed by atoms with Crippen molar-refractivity contribution in [3.63, 3.8) is 0 Å². The zero-order valence-electron chi connectivity index (χ0n) is 9.28. The number of hydrogen-bond donors (Lipinski definition) is 1. The summed E-state index contributed by atoms with van der Waals surface area (Å²) in [4.78, 5) is 2.49. The van der Waals surface area contributed by atoms with Crippen LogP contribution in [0.3, 0.4) is 0 Å². The van der Waals surface area contributed by atoms with E-state index in [2.05, 4.69) is 11.0 Å². The summed E-state index contributed by atoms with van der Waals surface area (Å²) in [5.74, 6) is 0.688. The molecule has 1 heterocycles. The third kappa shape index (κ3) is 2.70. The van der Waals surface area contributed by atoms with E-state index in [0.29, 0.717) is 17.9 Å². The molecule has 3 nitrogen and oxygen atoms in total. The van der Waals surface area contributed by atoms with Crippen LogP contribution >= 0.6 is 0 Å². The topological polar surface area (TPSA) is 47.3 Å². The van der Waals surface area contributed by atoms with Gasteiger partial charge in [0.15, 0.2) is 0 Å². The maximum Gasteiger partial charge on any atom is 0.0628 e. The first-order valence-electron chi connectivity index (χ1n) is 5.98. The summed E-state index contributed by atoms with van der Waals surface area (Å²) in [5, 5.41) is 17.6. The molecular formula is C12H20N2O. The Bertz CT molecular complexity index is 255. The summed E-state index contributed by atoms with van der Waals surface area (Å²) >= 11 is 0. The molecule has 0 aromatic rings. The van der Waals surface area contributed by atoms with E-state index in [0.717, 1.165) is 32.5 Å². The highest BCUT2D eigenvalue weighted by Gasteiger charge is 2.44. The van der Waals surface area contributed by atoms with Gasteiger partial charge in [0.2, 0.25) is 0 Å². The molecule has 1 atom stereocenters. The fraction of sp³-hybridized carbons (Fsp3) is 0.917. The van der Waals surface area contributed by atoms with Gasteiger partial charge in [-0.05, 0) is 43.6 Å². The van der Waals surface area contributed by atoms with Gasteiger partial charge < -0.3 is 10.0 Å². The van der Waals surface area contributed by atoms with Crippen LogP contribution < -0.4 is 0 Å². The molecule has 0 aromatic carbocycles. The standard InChI is InChI=1S/C12H20N2O/c13-6-5-12(3-4-12)10-14-7-1-11(9-14)2-8-15/h11,15H,1-5,7-10H2. The van der Waals surface area contributed by atoms with Gasteiger partial charge in [-0.2, -0.15) is 5.26 Å². The zero-order valence-corrected chi connectivity index (χ0v) is 9.28. The van der Waals surface area contributed by atoms with Crippen molar-refractivity contribution in [2.24, 2.45) is 11.3 Å². The number of hydrogen-bond acceptors (Lipinski definition) is 3. The molecule has 2 fully saturated rings. The van der Waals surface area contributed by atoms with Crippen molar-refractivity contribution in [2.45, 2.75) is 32.1 Å². The molecule has 0 spiro atoms. The van der Waals surface area contributed by atoms with E-state index in [1.54, 1.807) is 0 Å². The van der Waals surface area contributed by atoms with Crippen LogP contribution in [-0.2, 0) is 0 Å². The molecule has 0 amide bonds. The second-order valence-electron chi connectivity index (χ2n) is 5.24. The first-order valence-corrected chi connectivity index (χ1v) is 5.98. The van der Waals surface area contributed by atoms with E-state index in [1.807, 2.05) is 0 Å². The Morgan fingerprint density at radius 2 is 2.27 bits per heavy atom. The van der Waals surface area contributed by atoms with Gasteiger partial charge in [-0.3, -0.25) is 0 Å². The number of likely N-dealkylation sites (tertiary alicyclic amines) is 1. The van der Waals surface area contributed by atoms with Gasteiger partial charge >= 0.3 is 0 Å². The van der Waals surface area contributed by atoms with E-state index < -0.39 is 0 Å². The van der Waals surface area contributed by atoms with Gasteiger partial charge in [-0.25, -0.2) is 0 Å². The van der Waals surface area contributed by atoms with E-state index in [1.165, 1.54) is 19.3 Å². The van der Waals surface area contributed by atoms with E-state index >= 15 is 0 Å². The third-order valence-electron chi connectivity index (χ3n) is 3.88. The number of rotatable bonds is 5. The summed E-state index contributed by atoms with van der Waals surface area (Å²) in [6.45, 7) is 3.73. The summed E-state index contributed by atoms with van der Waals surface area (Å²) < 4.78 is 0. The molecular weight excluding hydrogens is 188 g/mol. The highest BCUT2D eigenvalue weighted by Crippen LogP contribution is 2.49. The molecule has 1 aliphatic carbocycles. The van der Waals surface area contributed by atoms with E-state index in [4.69, 9.17) is 10.4 Å². The summed E-state index contributed by atoms with van der Waals surface area (Å²) in [5.41, 5.74) is 0.350. The number of aliphatic hydroxyl groups excluding tert-OH is 1. The fourth-order valence-corrected chi connectivity index (χ4v) is 2.68. The first kappa shape index (κ1) is 10.9. The summed E-state index contributed by atoms with van der Waals surface area (Å²) in [6, 6.07) is 2.31. The lowest BCUT2D eigenvalue weighted by Crippen LogP contribution is -2.28. The normalized spacial score (nSPS) is 28.9. The Hall–Kier alpha value is -0.590. The molecule has 1 saturated heterocycles. The van der Waals surface area contributed by atoms with Crippen molar-refractivity contribution in [3.8, 4) is 6.07 Å². The predicted octanol–water partition coefficient (Wildman–Crippen LogP) is 1.38. The summed E-state index contributed by atoms with van der Waals surface area (Å²) in [6.07, 6.45) is 5.38. The second-order valence-corrected chi connectivity index (χ2v) is 5.24. The first-order chi connectivity index (χ1) is 7.28. The van der Waals surface area contributed by atoms with Crippen LogP contribution in [-0.4, -0.2) is 36.2 Å². The minimum atomic E-state index is 0.321. The molecule has 2 aliphatic rings. The fourth-order valence-electron chi connectivity index (χ4n) is 2.68. The van der Waals surface area contributed by atoms with Crippen molar-refractivity contribution in [1.82, 2.24) is 4.90 Å². The molecule has 0 aromatic heterocycles. The van der Waals surface area contributed by atoms with Gasteiger partial charge in [0, 0.05) is 26.1 Å². The Kier molecular flexibility index (Phi) is 3.28. The number of nitrogens with zero attached hydrogens (tertiary/aromatic N) is 2. The highest BCUT2D eigenvalue weighted by molar-refractivity contribution is 5.01. The smallest absolute Gasteiger partial charge is 0.0628 e. The van der Waals surface area contributed by atoms with Crippen molar-refractivity contribution < 1.29 is 5.11 Å². The second kappa shape index (κ2) is 4.51. The molecule has 1 aliphatic heterocycles. The molecule has 84 valence electrons. The minimum absolute atomic E-state index is 0.321. The zero-order chi connectivity index (χ0) is 10.7. The van der Waals surface area contributed by atoms with Crippen LogP contribution in [0.2, 0.25) is 0 Å². The largest absolute Gasteiger partial charge is 0.396 e. The Balaban J connectivity index is 1.75. The van der Waals surface area contributed by atoms with Crippen molar-refractivity contribution in [3.05, 3.63) is 0 Å². The maximum atomic E-state index is 8.88.